The van der Waals surface area contributed by atoms with Crippen molar-refractivity contribution in [2.24, 2.45) is 5.92 Å². The number of phosphoric acid groups is 2. The summed E-state index contributed by atoms with van der Waals surface area (Å²) in [6, 6.07) is 0. The van der Waals surface area contributed by atoms with Crippen LogP contribution in [0.1, 0.15) is 336 Å². The fourth-order valence-electron chi connectivity index (χ4n) is 9.90. The normalized spacial score (nSPS) is 14.5. The van der Waals surface area contributed by atoms with Gasteiger partial charge in [0.15, 0.2) is 12.2 Å². The van der Waals surface area contributed by atoms with E-state index in [1.54, 1.807) is 0 Å². The molecule has 19 heteroatoms. The summed E-state index contributed by atoms with van der Waals surface area (Å²) in [4.78, 5) is 72.3. The van der Waals surface area contributed by atoms with Gasteiger partial charge in [-0.2, -0.15) is 0 Å². The van der Waals surface area contributed by atoms with Crippen LogP contribution >= 0.6 is 15.6 Å². The van der Waals surface area contributed by atoms with Gasteiger partial charge in [-0.05, 0) is 31.6 Å². The topological polar surface area (TPSA) is 237 Å². The molecule has 0 heterocycles. The Bertz CT molecular complexity index is 1650. The maximum atomic E-state index is 13.0. The SMILES string of the molecule is CCCCCCCCCCCCCCCCCC(=O)O[C@H](COC(=O)CCCCCCCCCCCCC)COP(=O)(O)OC[C@@H](O)COP(=O)(O)OC[C@@H](COC(=O)CCCCCCCCCCC)OC(=O)CCCCCCCCC(C)CC. The molecule has 504 valence electrons. The van der Waals surface area contributed by atoms with Gasteiger partial charge in [0.05, 0.1) is 26.4 Å². The molecule has 3 N–H and O–H groups in total. The van der Waals surface area contributed by atoms with Crippen LogP contribution < -0.4 is 0 Å². The highest BCUT2D eigenvalue weighted by Crippen LogP contribution is 2.45. The Balaban J connectivity index is 5.23. The first kappa shape index (κ1) is 83.1. The minimum atomic E-state index is -4.95. The maximum absolute atomic E-state index is 13.0. The van der Waals surface area contributed by atoms with E-state index >= 15 is 0 Å². The Kier molecular flexibility index (Phi) is 58.3. The number of esters is 4. The zero-order valence-electron chi connectivity index (χ0n) is 54.7. The van der Waals surface area contributed by atoms with Crippen molar-refractivity contribution in [1.29, 1.82) is 0 Å². The number of unbranched alkanes of at least 4 members (excludes halogenated alkanes) is 37. The van der Waals surface area contributed by atoms with Gasteiger partial charge in [-0.3, -0.25) is 37.3 Å². The second kappa shape index (κ2) is 59.7. The molecule has 0 bridgehead atoms. The average molecular weight is 1260 g/mol. The molecule has 0 radical (unpaired) electrons. The minimum Gasteiger partial charge on any atom is -0.462 e. The molecule has 3 unspecified atom stereocenters. The standard InChI is InChI=1S/C66H128O17P2/c1-6-10-13-16-19-22-24-25-26-27-29-32-35-41-46-51-65(70)82-61(55-77-64(69)50-45-40-34-31-28-23-20-17-14-11-7-2)57-80-84(72,73)78-53-60(67)54-79-85(74,75)81-58-62(56-76-63(68)49-44-39-33-30-21-18-15-12-8-3)83-66(71)52-47-42-37-36-38-43-48-59(5)9-4/h59-62,67H,6-58H2,1-5H3,(H,72,73)(H,74,75)/t59?,60-,61-,62-/m1/s1. The summed E-state index contributed by atoms with van der Waals surface area (Å²) in [6.45, 7) is 7.15. The van der Waals surface area contributed by atoms with Gasteiger partial charge in [-0.1, -0.05) is 285 Å². The lowest BCUT2D eigenvalue weighted by atomic mass is 10.00. The summed E-state index contributed by atoms with van der Waals surface area (Å²) in [6.07, 6.45) is 44.4. The molecule has 0 saturated carbocycles. The molecule has 6 atom stereocenters. The Morgan fingerprint density at radius 1 is 0.329 bits per heavy atom. The molecule has 0 rings (SSSR count). The molecule has 0 aliphatic heterocycles. The fourth-order valence-corrected chi connectivity index (χ4v) is 11.5. The second-order valence-corrected chi connectivity index (χ2v) is 27.0. The third-order valence-electron chi connectivity index (χ3n) is 15.6. The molecule has 0 aromatic rings. The van der Waals surface area contributed by atoms with Gasteiger partial charge >= 0.3 is 39.5 Å². The molecule has 0 spiro atoms. The number of carbonyl (C=O) groups is 4. The van der Waals surface area contributed by atoms with Crippen LogP contribution in [0.3, 0.4) is 0 Å². The summed E-state index contributed by atoms with van der Waals surface area (Å²) < 4.78 is 68.1. The van der Waals surface area contributed by atoms with Gasteiger partial charge in [-0.15, -0.1) is 0 Å². The predicted octanol–water partition coefficient (Wildman–Crippen LogP) is 18.6. The highest BCUT2D eigenvalue weighted by atomic mass is 31.2. The fraction of sp³-hybridized carbons (Fsp3) is 0.939. The van der Waals surface area contributed by atoms with E-state index < -0.39 is 97.5 Å². The van der Waals surface area contributed by atoms with Gasteiger partial charge in [-0.25, -0.2) is 9.13 Å². The molecule has 0 aromatic heterocycles. The smallest absolute Gasteiger partial charge is 0.462 e. The number of aliphatic hydroxyl groups excluding tert-OH is 1. The number of rotatable bonds is 66. The molecule has 85 heavy (non-hydrogen) atoms. The largest absolute Gasteiger partial charge is 0.472 e. The molecule has 0 fully saturated rings. The molecule has 0 amide bonds. The van der Waals surface area contributed by atoms with Crippen molar-refractivity contribution in [3.8, 4) is 0 Å². The first-order valence-electron chi connectivity index (χ1n) is 34.7. The van der Waals surface area contributed by atoms with E-state index in [2.05, 4.69) is 34.6 Å². The van der Waals surface area contributed by atoms with Crippen molar-refractivity contribution in [3.05, 3.63) is 0 Å². The molecular weight excluding hydrogens is 1130 g/mol. The molecule has 0 aliphatic carbocycles. The maximum Gasteiger partial charge on any atom is 0.472 e. The van der Waals surface area contributed by atoms with Crippen LogP contribution in [0.25, 0.3) is 0 Å². The van der Waals surface area contributed by atoms with Gasteiger partial charge in [0, 0.05) is 25.7 Å². The lowest BCUT2D eigenvalue weighted by molar-refractivity contribution is -0.161. The van der Waals surface area contributed by atoms with Crippen LogP contribution in [-0.2, 0) is 65.4 Å². The van der Waals surface area contributed by atoms with Crippen LogP contribution in [0.4, 0.5) is 0 Å². The van der Waals surface area contributed by atoms with Crippen molar-refractivity contribution in [2.45, 2.75) is 355 Å². The first-order chi connectivity index (χ1) is 41.1. The quantitative estimate of drug-likeness (QED) is 0.0222. The third-order valence-corrected chi connectivity index (χ3v) is 17.5. The first-order valence-corrected chi connectivity index (χ1v) is 37.7. The van der Waals surface area contributed by atoms with Crippen molar-refractivity contribution >= 4 is 39.5 Å². The molecule has 0 aliphatic rings. The van der Waals surface area contributed by atoms with Gasteiger partial charge in [0.25, 0.3) is 0 Å². The summed E-state index contributed by atoms with van der Waals surface area (Å²) in [5.41, 5.74) is 0. The molecule has 0 aromatic carbocycles. The summed E-state index contributed by atoms with van der Waals surface area (Å²) in [5, 5.41) is 10.5. The third kappa shape index (κ3) is 59.5. The lowest BCUT2D eigenvalue weighted by Crippen LogP contribution is -2.30. The Hall–Kier alpha value is -1.94. The van der Waals surface area contributed by atoms with E-state index in [4.69, 9.17) is 37.0 Å². The molecular formula is C66H128O17P2. The van der Waals surface area contributed by atoms with Crippen LogP contribution in [0.15, 0.2) is 0 Å². The highest BCUT2D eigenvalue weighted by Gasteiger charge is 2.30. The molecule has 17 nitrogen and oxygen atoms in total. The van der Waals surface area contributed by atoms with E-state index in [0.29, 0.717) is 25.7 Å². The lowest BCUT2D eigenvalue weighted by Gasteiger charge is -2.21. The second-order valence-electron chi connectivity index (χ2n) is 24.1. The van der Waals surface area contributed by atoms with E-state index in [1.165, 1.54) is 161 Å². The van der Waals surface area contributed by atoms with Crippen LogP contribution in [0.2, 0.25) is 0 Å². The highest BCUT2D eigenvalue weighted by molar-refractivity contribution is 7.47. The van der Waals surface area contributed by atoms with Crippen molar-refractivity contribution in [1.82, 2.24) is 0 Å². The Labute approximate surface area is 517 Å². The number of hydrogen-bond acceptors (Lipinski definition) is 15. The van der Waals surface area contributed by atoms with Crippen molar-refractivity contribution in [3.63, 3.8) is 0 Å². The minimum absolute atomic E-state index is 0.103. The number of hydrogen-bond donors (Lipinski definition) is 3. The van der Waals surface area contributed by atoms with Gasteiger partial charge < -0.3 is 33.8 Å². The van der Waals surface area contributed by atoms with Crippen molar-refractivity contribution < 1.29 is 80.2 Å². The zero-order valence-corrected chi connectivity index (χ0v) is 56.5. The predicted molar refractivity (Wildman–Crippen MR) is 340 cm³/mol. The van der Waals surface area contributed by atoms with Crippen LogP contribution in [0.5, 0.6) is 0 Å². The van der Waals surface area contributed by atoms with Crippen LogP contribution in [0, 0.1) is 5.92 Å². The van der Waals surface area contributed by atoms with E-state index in [0.717, 1.165) is 95.8 Å². The number of phosphoric ester groups is 2. The number of aliphatic hydroxyl groups is 1. The Morgan fingerprint density at radius 3 is 0.835 bits per heavy atom. The number of carbonyl (C=O) groups excluding carboxylic acids is 4. The summed E-state index contributed by atoms with van der Waals surface area (Å²) in [5.74, 6) is -1.41. The van der Waals surface area contributed by atoms with Gasteiger partial charge in [0.2, 0.25) is 0 Å². The van der Waals surface area contributed by atoms with E-state index in [1.807, 2.05) is 0 Å². The summed E-state index contributed by atoms with van der Waals surface area (Å²) in [7, 11) is -9.89. The monoisotopic (exact) mass is 1250 g/mol. The van der Waals surface area contributed by atoms with E-state index in [-0.39, 0.29) is 25.7 Å². The zero-order chi connectivity index (χ0) is 62.8. The average Bonchev–Trinajstić information content (AvgIpc) is 3.62. The molecule has 0 saturated heterocycles. The summed E-state index contributed by atoms with van der Waals surface area (Å²) >= 11 is 0. The van der Waals surface area contributed by atoms with E-state index in [9.17, 15) is 43.2 Å². The van der Waals surface area contributed by atoms with Crippen molar-refractivity contribution in [2.75, 3.05) is 39.6 Å². The number of ether oxygens (including phenoxy) is 4. The van der Waals surface area contributed by atoms with Crippen LogP contribution in [-0.4, -0.2) is 96.7 Å². The Morgan fingerprint density at radius 2 is 0.565 bits per heavy atom. The van der Waals surface area contributed by atoms with Gasteiger partial charge in [0.1, 0.15) is 19.3 Å².